The Bertz CT molecular complexity index is 748. The number of nitro groups is 1. The zero-order chi connectivity index (χ0) is 16.7. The molecule has 0 radical (unpaired) electrons. The number of phenols is 1. The van der Waals surface area contributed by atoms with E-state index in [2.05, 4.69) is 10.2 Å². The van der Waals surface area contributed by atoms with Crippen molar-refractivity contribution in [3.63, 3.8) is 0 Å². The standard InChI is InChI=1S/C15H14N4O3S/c16-15(23-10-11-4-2-1-3-5-11)18-17-9-12-6-7-14(20)13(8-12)19(21)22/h1-9,20H,10H2,(H2,16,18). The number of hydrogen-bond acceptors (Lipinski definition) is 6. The highest BCUT2D eigenvalue weighted by atomic mass is 32.2. The molecule has 0 spiro atoms. The fourth-order valence-corrected chi connectivity index (χ4v) is 2.29. The second-order valence-corrected chi connectivity index (χ2v) is 5.46. The van der Waals surface area contributed by atoms with Crippen molar-refractivity contribution < 1.29 is 10.0 Å². The lowest BCUT2D eigenvalue weighted by Crippen LogP contribution is -2.06. The van der Waals surface area contributed by atoms with E-state index < -0.39 is 10.7 Å². The Kier molecular flexibility index (Phi) is 5.70. The van der Waals surface area contributed by atoms with Crippen LogP contribution in [0.4, 0.5) is 5.69 Å². The molecule has 0 aliphatic heterocycles. The van der Waals surface area contributed by atoms with Crippen LogP contribution in [0.3, 0.4) is 0 Å². The van der Waals surface area contributed by atoms with Crippen LogP contribution in [0.15, 0.2) is 58.7 Å². The second kappa shape index (κ2) is 7.95. The molecule has 0 fully saturated rings. The maximum atomic E-state index is 10.7. The van der Waals surface area contributed by atoms with Crippen LogP contribution in [0, 0.1) is 10.1 Å². The molecule has 0 atom stereocenters. The van der Waals surface area contributed by atoms with Crippen molar-refractivity contribution in [2.75, 3.05) is 0 Å². The summed E-state index contributed by atoms with van der Waals surface area (Å²) in [4.78, 5) is 10.1. The van der Waals surface area contributed by atoms with Gasteiger partial charge >= 0.3 is 5.69 Å². The quantitative estimate of drug-likeness (QED) is 0.378. The summed E-state index contributed by atoms with van der Waals surface area (Å²) < 4.78 is 0. The minimum absolute atomic E-state index is 0.290. The van der Waals surface area contributed by atoms with Crippen molar-refractivity contribution in [2.45, 2.75) is 5.75 Å². The number of benzene rings is 2. The van der Waals surface area contributed by atoms with Gasteiger partial charge in [-0.05, 0) is 17.7 Å². The summed E-state index contributed by atoms with van der Waals surface area (Å²) in [5.74, 6) is 0.282. The van der Waals surface area contributed by atoms with E-state index in [1.165, 1.54) is 36.2 Å². The van der Waals surface area contributed by atoms with Gasteiger partial charge in [-0.3, -0.25) is 10.1 Å². The number of nitrogens with two attached hydrogens (primary N) is 1. The van der Waals surface area contributed by atoms with Crippen LogP contribution in [0.25, 0.3) is 0 Å². The van der Waals surface area contributed by atoms with Gasteiger partial charge in [-0.1, -0.05) is 42.1 Å². The molecule has 0 aliphatic rings. The number of thioether (sulfide) groups is 1. The molecule has 118 valence electrons. The molecule has 0 heterocycles. The molecule has 2 aromatic rings. The molecular weight excluding hydrogens is 316 g/mol. The average Bonchev–Trinajstić information content (AvgIpc) is 2.55. The number of nitrogens with zero attached hydrogens (tertiary/aromatic N) is 3. The third-order valence-electron chi connectivity index (χ3n) is 2.79. The van der Waals surface area contributed by atoms with Gasteiger partial charge < -0.3 is 10.8 Å². The minimum atomic E-state index is -0.667. The fourth-order valence-electron chi connectivity index (χ4n) is 1.68. The Balaban J connectivity index is 1.97. The largest absolute Gasteiger partial charge is 0.502 e. The number of rotatable bonds is 5. The lowest BCUT2D eigenvalue weighted by atomic mass is 10.2. The number of hydrogen-bond donors (Lipinski definition) is 2. The molecule has 3 N–H and O–H groups in total. The molecule has 0 saturated carbocycles. The van der Waals surface area contributed by atoms with Crippen molar-refractivity contribution in [3.8, 4) is 5.75 Å². The Morgan fingerprint density at radius 1 is 1.30 bits per heavy atom. The molecule has 0 saturated heterocycles. The summed E-state index contributed by atoms with van der Waals surface area (Å²) >= 11 is 1.34. The minimum Gasteiger partial charge on any atom is -0.502 e. The molecule has 2 rings (SSSR count). The topological polar surface area (TPSA) is 114 Å². The molecule has 7 nitrogen and oxygen atoms in total. The molecule has 8 heteroatoms. The second-order valence-electron chi connectivity index (χ2n) is 4.46. The lowest BCUT2D eigenvalue weighted by molar-refractivity contribution is -0.385. The van der Waals surface area contributed by atoms with Crippen LogP contribution in [-0.2, 0) is 5.75 Å². The number of nitro benzene ring substituents is 1. The van der Waals surface area contributed by atoms with Crippen molar-refractivity contribution in [3.05, 3.63) is 69.8 Å². The van der Waals surface area contributed by atoms with Gasteiger partial charge in [0.05, 0.1) is 11.1 Å². The van der Waals surface area contributed by atoms with E-state index >= 15 is 0 Å². The van der Waals surface area contributed by atoms with Gasteiger partial charge in [0.2, 0.25) is 0 Å². The summed E-state index contributed by atoms with van der Waals surface area (Å²) in [6.45, 7) is 0. The Morgan fingerprint density at radius 3 is 2.74 bits per heavy atom. The summed E-state index contributed by atoms with van der Waals surface area (Å²) in [6, 6.07) is 13.7. The van der Waals surface area contributed by atoms with Crippen LogP contribution in [0.1, 0.15) is 11.1 Å². The molecule has 0 amide bonds. The summed E-state index contributed by atoms with van der Waals surface area (Å²) in [6.07, 6.45) is 1.34. The zero-order valence-corrected chi connectivity index (χ0v) is 12.8. The third-order valence-corrected chi connectivity index (χ3v) is 3.64. The van der Waals surface area contributed by atoms with Crippen molar-refractivity contribution in [1.29, 1.82) is 0 Å². The highest BCUT2D eigenvalue weighted by molar-refractivity contribution is 8.13. The average molecular weight is 330 g/mol. The molecule has 0 aliphatic carbocycles. The first-order chi connectivity index (χ1) is 11.1. The first-order valence-corrected chi connectivity index (χ1v) is 7.55. The maximum absolute atomic E-state index is 10.7. The molecule has 0 aromatic heterocycles. The molecule has 23 heavy (non-hydrogen) atoms. The van der Waals surface area contributed by atoms with Crippen molar-refractivity contribution >= 4 is 28.8 Å². The van der Waals surface area contributed by atoms with E-state index in [0.29, 0.717) is 16.5 Å². The van der Waals surface area contributed by atoms with E-state index in [1.54, 1.807) is 0 Å². The molecular formula is C15H14N4O3S. The SMILES string of the molecule is NC(=NN=Cc1ccc(O)c([N+](=O)[O-])c1)SCc1ccccc1. The van der Waals surface area contributed by atoms with Gasteiger partial charge in [-0.2, -0.15) is 5.10 Å². The Morgan fingerprint density at radius 2 is 2.04 bits per heavy atom. The van der Waals surface area contributed by atoms with E-state index in [-0.39, 0.29) is 5.69 Å². The van der Waals surface area contributed by atoms with Gasteiger partial charge in [0, 0.05) is 17.4 Å². The smallest absolute Gasteiger partial charge is 0.311 e. The van der Waals surface area contributed by atoms with Crippen molar-refractivity contribution in [1.82, 2.24) is 0 Å². The highest BCUT2D eigenvalue weighted by Crippen LogP contribution is 2.25. The lowest BCUT2D eigenvalue weighted by Gasteiger charge is -1.99. The van der Waals surface area contributed by atoms with Crippen LogP contribution < -0.4 is 5.73 Å². The number of amidine groups is 1. The van der Waals surface area contributed by atoms with E-state index in [0.717, 1.165) is 5.56 Å². The molecule has 0 unspecified atom stereocenters. The maximum Gasteiger partial charge on any atom is 0.311 e. The number of phenolic OH excluding ortho intramolecular Hbond substituents is 1. The van der Waals surface area contributed by atoms with Gasteiger partial charge in [0.1, 0.15) is 0 Å². The van der Waals surface area contributed by atoms with E-state index in [1.807, 2.05) is 30.3 Å². The molecule has 2 aromatic carbocycles. The van der Waals surface area contributed by atoms with Gasteiger partial charge in [0.15, 0.2) is 10.9 Å². The van der Waals surface area contributed by atoms with Crippen molar-refractivity contribution in [2.24, 2.45) is 15.9 Å². The molecule has 0 bridgehead atoms. The van der Waals surface area contributed by atoms with Gasteiger partial charge in [-0.15, -0.1) is 5.10 Å². The van der Waals surface area contributed by atoms with Gasteiger partial charge in [0.25, 0.3) is 0 Å². The predicted molar refractivity (Wildman–Crippen MR) is 91.7 cm³/mol. The first-order valence-electron chi connectivity index (χ1n) is 6.57. The Hall–Kier alpha value is -2.87. The summed E-state index contributed by atoms with van der Waals surface area (Å²) in [5, 5.41) is 28.0. The van der Waals surface area contributed by atoms with E-state index in [9.17, 15) is 15.2 Å². The Labute approximate surface area is 136 Å². The monoisotopic (exact) mass is 330 g/mol. The van der Waals surface area contributed by atoms with Crippen LogP contribution in [0.2, 0.25) is 0 Å². The third kappa shape index (κ3) is 5.11. The first kappa shape index (κ1) is 16.5. The normalized spacial score (nSPS) is 11.7. The summed E-state index contributed by atoms with van der Waals surface area (Å²) in [5.41, 5.74) is 6.92. The number of aromatic hydroxyl groups is 1. The highest BCUT2D eigenvalue weighted by Gasteiger charge is 2.12. The zero-order valence-electron chi connectivity index (χ0n) is 12.0. The predicted octanol–water partition coefficient (Wildman–Crippen LogP) is 2.88. The fraction of sp³-hybridized carbons (Fsp3) is 0.0667. The van der Waals surface area contributed by atoms with Crippen LogP contribution in [0.5, 0.6) is 5.75 Å². The van der Waals surface area contributed by atoms with Crippen LogP contribution in [-0.4, -0.2) is 21.4 Å². The summed E-state index contributed by atoms with van der Waals surface area (Å²) in [7, 11) is 0. The van der Waals surface area contributed by atoms with E-state index in [4.69, 9.17) is 5.73 Å². The van der Waals surface area contributed by atoms with Gasteiger partial charge in [-0.25, -0.2) is 0 Å². The van der Waals surface area contributed by atoms with Crippen LogP contribution >= 0.6 is 11.8 Å².